The van der Waals surface area contributed by atoms with Crippen molar-refractivity contribution < 1.29 is 14.4 Å². The molecule has 3 aliphatic rings. The second kappa shape index (κ2) is 9.25. The first-order valence-electron chi connectivity index (χ1n) is 13.1. The van der Waals surface area contributed by atoms with E-state index in [1.54, 1.807) is 6.33 Å². The Hall–Kier alpha value is -3.81. The summed E-state index contributed by atoms with van der Waals surface area (Å²) in [6.45, 7) is 1.19. The van der Waals surface area contributed by atoms with Gasteiger partial charge in [0.25, 0.3) is 0 Å². The first-order valence-corrected chi connectivity index (χ1v) is 13.1. The minimum atomic E-state index is -1.16. The van der Waals surface area contributed by atoms with Gasteiger partial charge in [-0.15, -0.1) is 10.2 Å². The molecule has 1 aromatic heterocycles. The number of aryl methyl sites for hydroxylation is 1. The van der Waals surface area contributed by atoms with Crippen LogP contribution in [0, 0.1) is 0 Å². The summed E-state index contributed by atoms with van der Waals surface area (Å²) in [5, 5.41) is 8.26. The zero-order chi connectivity index (χ0) is 25.6. The summed E-state index contributed by atoms with van der Waals surface area (Å²) < 4.78 is 1.90. The van der Waals surface area contributed by atoms with Crippen LogP contribution in [0.1, 0.15) is 55.8 Å². The van der Waals surface area contributed by atoms with E-state index < -0.39 is 5.41 Å². The van der Waals surface area contributed by atoms with Gasteiger partial charge in [-0.2, -0.15) is 0 Å². The molecule has 0 unspecified atom stereocenters. The Morgan fingerprint density at radius 2 is 1.73 bits per heavy atom. The third-order valence-corrected chi connectivity index (χ3v) is 8.15. The van der Waals surface area contributed by atoms with Crippen LogP contribution in [0.4, 0.5) is 0 Å². The highest BCUT2D eigenvalue weighted by Gasteiger charge is 2.57. The second-order valence-electron chi connectivity index (χ2n) is 10.7. The topological polar surface area (TPSA) is 88.4 Å². The van der Waals surface area contributed by atoms with E-state index in [1.807, 2.05) is 71.1 Å². The van der Waals surface area contributed by atoms with Crippen LogP contribution in [0.3, 0.4) is 0 Å². The zero-order valence-corrected chi connectivity index (χ0v) is 21.0. The van der Waals surface area contributed by atoms with Crippen molar-refractivity contribution >= 4 is 17.7 Å². The molecule has 2 saturated heterocycles. The van der Waals surface area contributed by atoms with Crippen molar-refractivity contribution in [3.63, 3.8) is 0 Å². The lowest BCUT2D eigenvalue weighted by Gasteiger charge is -2.35. The number of carbonyl (C=O) groups excluding carboxylic acids is 3. The van der Waals surface area contributed by atoms with Gasteiger partial charge in [0, 0.05) is 44.9 Å². The van der Waals surface area contributed by atoms with E-state index in [0.717, 1.165) is 48.2 Å². The van der Waals surface area contributed by atoms with E-state index in [9.17, 15) is 14.4 Å². The van der Waals surface area contributed by atoms with Crippen molar-refractivity contribution in [3.8, 4) is 11.1 Å². The number of carbonyl (C=O) groups is 3. The van der Waals surface area contributed by atoms with Gasteiger partial charge < -0.3 is 9.47 Å². The summed E-state index contributed by atoms with van der Waals surface area (Å²) in [5.41, 5.74) is 1.69. The Bertz CT molecular complexity index is 1330. The summed E-state index contributed by atoms with van der Waals surface area (Å²) in [6.07, 6.45) is 5.22. The van der Waals surface area contributed by atoms with Gasteiger partial charge in [0.2, 0.25) is 17.7 Å². The monoisotopic (exact) mass is 497 g/mol. The van der Waals surface area contributed by atoms with Gasteiger partial charge in [-0.05, 0) is 42.4 Å². The number of likely N-dealkylation sites (tertiary alicyclic amines) is 2. The Balaban J connectivity index is 1.30. The Morgan fingerprint density at radius 3 is 2.41 bits per heavy atom. The molecule has 0 spiro atoms. The molecular weight excluding hydrogens is 466 g/mol. The molecule has 6 rings (SSSR count). The number of rotatable bonds is 6. The number of hydrogen-bond acceptors (Lipinski definition) is 5. The summed E-state index contributed by atoms with van der Waals surface area (Å²) >= 11 is 0. The molecule has 1 aliphatic carbocycles. The van der Waals surface area contributed by atoms with E-state index in [4.69, 9.17) is 0 Å². The van der Waals surface area contributed by atoms with Crippen LogP contribution in [0.5, 0.6) is 0 Å². The summed E-state index contributed by atoms with van der Waals surface area (Å²) in [5.74, 6) is 0.509. The number of piperidine rings is 1. The molecule has 190 valence electrons. The van der Waals surface area contributed by atoms with Gasteiger partial charge >= 0.3 is 0 Å². The van der Waals surface area contributed by atoms with Crippen LogP contribution in [0.15, 0.2) is 60.9 Å². The number of benzene rings is 2. The molecule has 1 saturated carbocycles. The van der Waals surface area contributed by atoms with Crippen molar-refractivity contribution in [1.29, 1.82) is 0 Å². The number of hydrogen-bond donors (Lipinski definition) is 0. The quantitative estimate of drug-likeness (QED) is 0.487. The van der Waals surface area contributed by atoms with E-state index >= 15 is 0 Å². The third kappa shape index (κ3) is 4.24. The van der Waals surface area contributed by atoms with E-state index in [2.05, 4.69) is 10.2 Å². The van der Waals surface area contributed by atoms with E-state index in [1.165, 1.54) is 4.90 Å². The molecule has 3 heterocycles. The maximum atomic E-state index is 13.9. The molecule has 3 aromatic rings. The highest BCUT2D eigenvalue weighted by Crippen LogP contribution is 2.45. The van der Waals surface area contributed by atoms with Gasteiger partial charge in [0.05, 0.1) is 5.41 Å². The fourth-order valence-electron chi connectivity index (χ4n) is 5.99. The number of nitrogens with zero attached hydrogens (tertiary/aromatic N) is 5. The van der Waals surface area contributed by atoms with Gasteiger partial charge in [0.1, 0.15) is 12.2 Å². The summed E-state index contributed by atoms with van der Waals surface area (Å²) in [7, 11) is 1.92. The maximum Gasteiger partial charge on any atom is 0.241 e. The maximum absolute atomic E-state index is 13.9. The number of imide groups is 1. The van der Waals surface area contributed by atoms with Crippen molar-refractivity contribution in [3.05, 3.63) is 72.3 Å². The minimum absolute atomic E-state index is 0.00296. The SMILES string of the molecule is Cn1cnnc1[C@H]1CCCN(C(=O)C[C@]2(c3ccc(-c4ccccc4)cc3)CC(=O)N(C3CC3)C2=O)C1. The predicted octanol–water partition coefficient (Wildman–Crippen LogP) is 3.44. The molecule has 2 aromatic carbocycles. The van der Waals surface area contributed by atoms with Crippen molar-refractivity contribution in [2.24, 2.45) is 7.05 Å². The fraction of sp³-hybridized carbons (Fsp3) is 0.414. The van der Waals surface area contributed by atoms with Crippen LogP contribution < -0.4 is 0 Å². The summed E-state index contributed by atoms with van der Waals surface area (Å²) in [6, 6.07) is 17.8. The van der Waals surface area contributed by atoms with Gasteiger partial charge in [-0.25, -0.2) is 0 Å². The normalized spacial score (nSPS) is 24.1. The molecule has 8 nitrogen and oxygen atoms in total. The average Bonchev–Trinajstić information content (AvgIpc) is 3.61. The standard InChI is InChI=1S/C29H31N5O3/c1-32-19-30-31-27(32)22-8-5-15-33(18-22)25(35)16-29(17-26(36)34(28(29)37)24-13-14-24)23-11-9-21(10-12-23)20-6-3-2-4-7-20/h2-4,6-7,9-12,19,22,24H,5,8,13-18H2,1H3/t22-,29+/m0/s1. The molecule has 37 heavy (non-hydrogen) atoms. The fourth-order valence-corrected chi connectivity index (χ4v) is 5.99. The predicted molar refractivity (Wildman–Crippen MR) is 137 cm³/mol. The molecule has 0 bridgehead atoms. The molecule has 0 radical (unpaired) electrons. The van der Waals surface area contributed by atoms with Crippen molar-refractivity contribution in [2.45, 2.75) is 55.9 Å². The summed E-state index contributed by atoms with van der Waals surface area (Å²) in [4.78, 5) is 44.1. The number of amides is 3. The van der Waals surface area contributed by atoms with Crippen LogP contribution in [0.2, 0.25) is 0 Å². The highest BCUT2D eigenvalue weighted by molar-refractivity contribution is 6.11. The second-order valence-corrected chi connectivity index (χ2v) is 10.7. The molecule has 8 heteroatoms. The van der Waals surface area contributed by atoms with E-state index in [0.29, 0.717) is 13.1 Å². The first-order chi connectivity index (χ1) is 18.0. The molecule has 3 fully saturated rings. The lowest BCUT2D eigenvalue weighted by molar-refractivity contribution is -0.143. The first kappa shape index (κ1) is 23.6. The minimum Gasteiger partial charge on any atom is -0.342 e. The zero-order valence-electron chi connectivity index (χ0n) is 21.0. The Labute approximate surface area is 216 Å². The molecule has 0 N–H and O–H groups in total. The lowest BCUT2D eigenvalue weighted by Crippen LogP contribution is -2.46. The average molecular weight is 498 g/mol. The van der Waals surface area contributed by atoms with Crippen LogP contribution >= 0.6 is 0 Å². The van der Waals surface area contributed by atoms with Gasteiger partial charge in [-0.1, -0.05) is 54.6 Å². The largest absolute Gasteiger partial charge is 0.342 e. The van der Waals surface area contributed by atoms with Gasteiger partial charge in [0.15, 0.2) is 0 Å². The van der Waals surface area contributed by atoms with Crippen molar-refractivity contribution in [2.75, 3.05) is 13.1 Å². The number of aromatic nitrogens is 3. The van der Waals surface area contributed by atoms with Crippen LogP contribution in [-0.4, -0.2) is 61.4 Å². The third-order valence-electron chi connectivity index (χ3n) is 8.15. The Kier molecular flexibility index (Phi) is 5.89. The highest BCUT2D eigenvalue weighted by atomic mass is 16.2. The van der Waals surface area contributed by atoms with Crippen molar-refractivity contribution in [1.82, 2.24) is 24.6 Å². The Morgan fingerprint density at radius 1 is 1.00 bits per heavy atom. The molecule has 2 aliphatic heterocycles. The molecule has 3 amide bonds. The van der Waals surface area contributed by atoms with E-state index in [-0.39, 0.29) is 42.5 Å². The smallest absolute Gasteiger partial charge is 0.241 e. The van der Waals surface area contributed by atoms with Crippen LogP contribution in [0.25, 0.3) is 11.1 Å². The molecule has 2 atom stereocenters. The van der Waals surface area contributed by atoms with Gasteiger partial charge in [-0.3, -0.25) is 19.3 Å². The lowest BCUT2D eigenvalue weighted by atomic mass is 9.75. The molecular formula is C29H31N5O3. The van der Waals surface area contributed by atoms with Crippen LogP contribution in [-0.2, 0) is 26.8 Å².